The number of likely N-dealkylation sites (N-methyl/N-ethyl adjacent to an activating group) is 1. The van der Waals surface area contributed by atoms with Gasteiger partial charge in [0.25, 0.3) is 5.91 Å². The number of carbonyl (C=O) groups excluding carboxylic acids is 2. The molecular weight excluding hydrogens is 513 g/mol. The van der Waals surface area contributed by atoms with E-state index in [1.165, 1.54) is 11.0 Å². The van der Waals surface area contributed by atoms with Gasteiger partial charge in [-0.2, -0.15) is 0 Å². The third-order valence-electron chi connectivity index (χ3n) is 6.52. The number of nitrogens with zero attached hydrogens (tertiary/aromatic N) is 4. The summed E-state index contributed by atoms with van der Waals surface area (Å²) in [6.07, 6.45) is 1.75. The van der Waals surface area contributed by atoms with Crippen molar-refractivity contribution in [1.29, 1.82) is 0 Å². The molecule has 1 N–H and O–H groups in total. The fourth-order valence-corrected chi connectivity index (χ4v) is 4.27. The zero-order chi connectivity index (χ0) is 28.2. The summed E-state index contributed by atoms with van der Waals surface area (Å²) in [6, 6.07) is 19.3. The van der Waals surface area contributed by atoms with E-state index in [4.69, 9.17) is 9.47 Å². The lowest BCUT2D eigenvalue weighted by Crippen LogP contribution is -2.41. The summed E-state index contributed by atoms with van der Waals surface area (Å²) in [5.74, 6) is 0.159. The second kappa shape index (κ2) is 11.6. The molecule has 1 aromatic heterocycles. The molecule has 9 nitrogen and oxygen atoms in total. The number of nitrogens with one attached hydrogen (secondary N) is 1. The highest BCUT2D eigenvalue weighted by molar-refractivity contribution is 5.99. The van der Waals surface area contributed by atoms with Gasteiger partial charge in [0.05, 0.1) is 11.4 Å². The van der Waals surface area contributed by atoms with Crippen molar-refractivity contribution < 1.29 is 23.5 Å². The van der Waals surface area contributed by atoms with E-state index in [1.54, 1.807) is 48.0 Å². The van der Waals surface area contributed by atoms with Gasteiger partial charge >= 0.3 is 0 Å². The monoisotopic (exact) mass is 543 g/mol. The first-order valence-corrected chi connectivity index (χ1v) is 12.8. The van der Waals surface area contributed by atoms with Crippen LogP contribution in [0.25, 0.3) is 16.9 Å². The first kappa shape index (κ1) is 26.9. The lowest BCUT2D eigenvalue weighted by molar-refractivity contribution is -0.117. The van der Waals surface area contributed by atoms with Gasteiger partial charge in [-0.25, -0.2) is 9.37 Å². The van der Waals surface area contributed by atoms with Gasteiger partial charge in [0.15, 0.2) is 11.5 Å². The van der Waals surface area contributed by atoms with Crippen molar-refractivity contribution in [3.8, 4) is 28.4 Å². The number of hydrogen-bond acceptors (Lipinski definition) is 6. The second-order valence-corrected chi connectivity index (χ2v) is 9.77. The van der Waals surface area contributed by atoms with Crippen LogP contribution >= 0.6 is 0 Å². The third kappa shape index (κ3) is 5.97. The number of anilines is 1. The molecule has 0 unspecified atom stereocenters. The van der Waals surface area contributed by atoms with Crippen LogP contribution in [0.4, 0.5) is 10.3 Å². The Morgan fingerprint density at radius 3 is 2.52 bits per heavy atom. The molecule has 1 aliphatic heterocycles. The van der Waals surface area contributed by atoms with Gasteiger partial charge in [-0.1, -0.05) is 36.4 Å². The number of fused-ring (bicyclic) bond motifs is 1. The summed E-state index contributed by atoms with van der Waals surface area (Å²) in [4.78, 5) is 34.9. The average molecular weight is 544 g/mol. The predicted molar refractivity (Wildman–Crippen MR) is 149 cm³/mol. The minimum atomic E-state index is -0.438. The van der Waals surface area contributed by atoms with Crippen molar-refractivity contribution in [2.45, 2.75) is 6.92 Å². The lowest BCUT2D eigenvalue weighted by atomic mass is 10.1. The molecule has 5 rings (SSSR count). The number of imidazole rings is 1. The van der Waals surface area contributed by atoms with Crippen molar-refractivity contribution in [2.24, 2.45) is 0 Å². The van der Waals surface area contributed by atoms with Gasteiger partial charge in [0.2, 0.25) is 18.6 Å². The Kier molecular flexibility index (Phi) is 7.79. The zero-order valence-electron chi connectivity index (χ0n) is 22.6. The summed E-state index contributed by atoms with van der Waals surface area (Å²) >= 11 is 0. The average Bonchev–Trinajstić information content (AvgIpc) is 3.59. The van der Waals surface area contributed by atoms with Crippen LogP contribution in [0.1, 0.15) is 15.9 Å². The van der Waals surface area contributed by atoms with Crippen molar-refractivity contribution in [3.05, 3.63) is 89.9 Å². The van der Waals surface area contributed by atoms with Gasteiger partial charge in [-0.15, -0.1) is 0 Å². The van der Waals surface area contributed by atoms with E-state index in [2.05, 4.69) is 10.3 Å². The van der Waals surface area contributed by atoms with E-state index in [9.17, 15) is 14.0 Å². The molecule has 0 saturated heterocycles. The molecule has 4 aromatic rings. The summed E-state index contributed by atoms with van der Waals surface area (Å²) in [5, 5.41) is 2.84. The zero-order valence-corrected chi connectivity index (χ0v) is 22.6. The number of halogens is 1. The maximum absolute atomic E-state index is 14.5. The van der Waals surface area contributed by atoms with Crippen LogP contribution in [-0.2, 0) is 4.79 Å². The number of hydrogen-bond donors (Lipinski definition) is 1. The Morgan fingerprint density at radius 1 is 1.00 bits per heavy atom. The molecule has 206 valence electrons. The van der Waals surface area contributed by atoms with Gasteiger partial charge in [-0.05, 0) is 56.9 Å². The van der Waals surface area contributed by atoms with E-state index in [1.807, 2.05) is 49.3 Å². The molecule has 0 fully saturated rings. The standard InChI is InChI=1S/C30H30FN5O4/c1-20-9-11-23(16-24(20)31)36-17-25(21-7-5-4-6-8-21)32-30(36)33-28(37)18-35(14-13-34(2)3)29(38)22-10-12-26-27(15-22)40-19-39-26/h4-12,15-17H,13-14,18-19H2,1-3H3,(H,32,33,37). The quantitative estimate of drug-likeness (QED) is 0.338. The predicted octanol–water partition coefficient (Wildman–Crippen LogP) is 4.36. The minimum Gasteiger partial charge on any atom is -0.454 e. The van der Waals surface area contributed by atoms with Gasteiger partial charge in [0, 0.05) is 30.4 Å². The van der Waals surface area contributed by atoms with E-state index in [0.717, 1.165) is 5.56 Å². The molecule has 40 heavy (non-hydrogen) atoms. The smallest absolute Gasteiger partial charge is 0.254 e. The number of aromatic nitrogens is 2. The number of benzene rings is 3. The van der Waals surface area contributed by atoms with Gasteiger partial charge < -0.3 is 19.3 Å². The van der Waals surface area contributed by atoms with Crippen LogP contribution in [0.2, 0.25) is 0 Å². The van der Waals surface area contributed by atoms with Gasteiger partial charge in [-0.3, -0.25) is 19.5 Å². The maximum atomic E-state index is 14.5. The fourth-order valence-electron chi connectivity index (χ4n) is 4.27. The first-order valence-electron chi connectivity index (χ1n) is 12.8. The SMILES string of the molecule is Cc1ccc(-n2cc(-c3ccccc3)nc2NC(=O)CN(CCN(C)C)C(=O)c2ccc3c(c2)OCO3)cc1F. The molecule has 3 aromatic carbocycles. The molecule has 0 bridgehead atoms. The molecule has 0 aliphatic carbocycles. The minimum absolute atomic E-state index is 0.0994. The van der Waals surface area contributed by atoms with Crippen LogP contribution in [0.5, 0.6) is 11.5 Å². The molecule has 0 radical (unpaired) electrons. The normalized spacial score (nSPS) is 12.0. The Hall–Kier alpha value is -4.70. The largest absolute Gasteiger partial charge is 0.454 e. The number of amides is 2. The van der Waals surface area contributed by atoms with Crippen molar-refractivity contribution in [3.63, 3.8) is 0 Å². The third-order valence-corrected chi connectivity index (χ3v) is 6.52. The first-order chi connectivity index (χ1) is 19.3. The van der Waals surface area contributed by atoms with Crippen LogP contribution in [0, 0.1) is 12.7 Å². The van der Waals surface area contributed by atoms with E-state index >= 15 is 0 Å². The molecule has 2 amide bonds. The highest BCUT2D eigenvalue weighted by Gasteiger charge is 2.23. The summed E-state index contributed by atoms with van der Waals surface area (Å²) in [7, 11) is 3.79. The van der Waals surface area contributed by atoms with Crippen LogP contribution in [0.3, 0.4) is 0 Å². The molecule has 10 heteroatoms. The molecule has 2 heterocycles. The number of ether oxygens (including phenoxy) is 2. The van der Waals surface area contributed by atoms with Crippen LogP contribution in [-0.4, -0.2) is 71.7 Å². The Morgan fingerprint density at radius 2 is 1.77 bits per heavy atom. The molecule has 0 atom stereocenters. The molecule has 0 saturated carbocycles. The Bertz CT molecular complexity index is 1540. The van der Waals surface area contributed by atoms with E-state index < -0.39 is 5.91 Å². The topological polar surface area (TPSA) is 88.9 Å². The second-order valence-electron chi connectivity index (χ2n) is 9.77. The number of aryl methyl sites for hydroxylation is 1. The van der Waals surface area contributed by atoms with Crippen LogP contribution in [0.15, 0.2) is 72.9 Å². The highest BCUT2D eigenvalue weighted by Crippen LogP contribution is 2.33. The summed E-state index contributed by atoms with van der Waals surface area (Å²) < 4.78 is 26.9. The highest BCUT2D eigenvalue weighted by atomic mass is 19.1. The molecule has 0 spiro atoms. The lowest BCUT2D eigenvalue weighted by Gasteiger charge is -2.24. The van der Waals surface area contributed by atoms with Crippen LogP contribution < -0.4 is 14.8 Å². The Balaban J connectivity index is 1.41. The summed E-state index contributed by atoms with van der Waals surface area (Å²) in [5.41, 5.74) is 2.86. The summed E-state index contributed by atoms with van der Waals surface area (Å²) in [6.45, 7) is 2.45. The van der Waals surface area contributed by atoms with Gasteiger partial charge in [0.1, 0.15) is 12.4 Å². The van der Waals surface area contributed by atoms with E-state index in [0.29, 0.717) is 47.1 Å². The van der Waals surface area contributed by atoms with Crippen molar-refractivity contribution >= 4 is 17.8 Å². The maximum Gasteiger partial charge on any atom is 0.254 e. The fraction of sp³-hybridized carbons (Fsp3) is 0.233. The van der Waals surface area contributed by atoms with Crippen molar-refractivity contribution in [1.82, 2.24) is 19.4 Å². The molecular formula is C30H30FN5O4. The Labute approximate surface area is 231 Å². The molecule has 1 aliphatic rings. The van der Waals surface area contributed by atoms with E-state index in [-0.39, 0.29) is 31.0 Å². The van der Waals surface area contributed by atoms with Crippen molar-refractivity contribution in [2.75, 3.05) is 45.8 Å². The number of carbonyl (C=O) groups is 2. The number of rotatable bonds is 9.